The van der Waals surface area contributed by atoms with Crippen LogP contribution in [0, 0.1) is 0 Å². The molecule has 5 aromatic rings. The van der Waals surface area contributed by atoms with E-state index >= 15 is 0 Å². The smallest absolute Gasteiger partial charge is 0.225 e. The predicted molar refractivity (Wildman–Crippen MR) is 142 cm³/mol. The van der Waals surface area contributed by atoms with E-state index in [2.05, 4.69) is 128 Å². The van der Waals surface area contributed by atoms with E-state index in [-0.39, 0.29) is 0 Å². The van der Waals surface area contributed by atoms with Crippen LogP contribution < -0.4 is 4.57 Å². The highest BCUT2D eigenvalue weighted by Gasteiger charge is 2.33. The third-order valence-corrected chi connectivity index (χ3v) is 7.21. The molecule has 2 heterocycles. The molecule has 4 aromatic carbocycles. The van der Waals surface area contributed by atoms with Crippen LogP contribution >= 0.6 is 0 Å². The summed E-state index contributed by atoms with van der Waals surface area (Å²) >= 11 is 0. The molecule has 6 rings (SSSR count). The molecular weight excluding hydrogens is 412 g/mol. The summed E-state index contributed by atoms with van der Waals surface area (Å²) < 4.78 is 4.86. The van der Waals surface area contributed by atoms with Crippen LogP contribution in [0.5, 0.6) is 0 Å². The van der Waals surface area contributed by atoms with E-state index in [1.807, 2.05) is 0 Å². The summed E-state index contributed by atoms with van der Waals surface area (Å²) in [5, 5.41) is 2.62. The van der Waals surface area contributed by atoms with Gasteiger partial charge in [0.1, 0.15) is 24.6 Å². The van der Waals surface area contributed by atoms with Crippen molar-refractivity contribution >= 4 is 10.8 Å². The van der Waals surface area contributed by atoms with Crippen molar-refractivity contribution in [3.05, 3.63) is 108 Å². The summed E-state index contributed by atoms with van der Waals surface area (Å²) in [6.07, 6.45) is 4.52. The van der Waals surface area contributed by atoms with Crippen molar-refractivity contribution in [1.29, 1.82) is 0 Å². The van der Waals surface area contributed by atoms with Gasteiger partial charge in [0.2, 0.25) is 0 Å². The summed E-state index contributed by atoms with van der Waals surface area (Å²) in [5.74, 6) is 2.12. The van der Waals surface area contributed by atoms with Gasteiger partial charge in [-0.1, -0.05) is 82.3 Å². The molecule has 0 fully saturated rings. The molecule has 0 bridgehead atoms. The van der Waals surface area contributed by atoms with Crippen LogP contribution in [0.4, 0.5) is 0 Å². The second-order valence-electron chi connectivity index (χ2n) is 10.2. The van der Waals surface area contributed by atoms with E-state index < -0.39 is 0 Å². The van der Waals surface area contributed by atoms with Gasteiger partial charge in [0, 0.05) is 16.7 Å². The van der Waals surface area contributed by atoms with Crippen molar-refractivity contribution < 1.29 is 4.57 Å². The summed E-state index contributed by atoms with van der Waals surface area (Å²) in [4.78, 5) is 0. The van der Waals surface area contributed by atoms with E-state index in [4.69, 9.17) is 0 Å². The zero-order valence-electron chi connectivity index (χ0n) is 20.4. The lowest BCUT2D eigenvalue weighted by molar-refractivity contribution is -0.671. The van der Waals surface area contributed by atoms with E-state index in [9.17, 15) is 0 Å². The lowest BCUT2D eigenvalue weighted by Crippen LogP contribution is -2.30. The minimum Gasteiger partial charge on any atom is -0.225 e. The number of hydrogen-bond donors (Lipinski definition) is 0. The summed E-state index contributed by atoms with van der Waals surface area (Å²) in [6.45, 7) is 10.2. The second kappa shape index (κ2) is 7.99. The Hall–Kier alpha value is -3.65. The average Bonchev–Trinajstić information content (AvgIpc) is 3.41. The molecule has 1 aromatic heterocycles. The van der Waals surface area contributed by atoms with E-state index in [1.54, 1.807) is 0 Å². The highest BCUT2D eigenvalue weighted by molar-refractivity contribution is 5.88. The SMILES string of the molecule is CC(C)c1cc(-c2ccccc2)cc(C(C)C)c1-n1cc[n+]2c1-c1cc3ccccc3cc1C2. The highest BCUT2D eigenvalue weighted by atomic mass is 15.2. The zero-order chi connectivity index (χ0) is 23.4. The first-order valence-electron chi connectivity index (χ1n) is 12.4. The van der Waals surface area contributed by atoms with E-state index in [1.165, 1.54) is 55.7 Å². The molecule has 0 aliphatic carbocycles. The number of benzene rings is 4. The first-order chi connectivity index (χ1) is 16.5. The Labute approximate surface area is 202 Å². The fourth-order valence-corrected chi connectivity index (χ4v) is 5.46. The molecule has 2 nitrogen and oxygen atoms in total. The minimum atomic E-state index is 0.414. The van der Waals surface area contributed by atoms with Crippen LogP contribution in [-0.4, -0.2) is 4.57 Å². The van der Waals surface area contributed by atoms with E-state index in [0.29, 0.717) is 11.8 Å². The van der Waals surface area contributed by atoms with Crippen LogP contribution in [-0.2, 0) is 6.54 Å². The minimum absolute atomic E-state index is 0.414. The van der Waals surface area contributed by atoms with Crippen molar-refractivity contribution in [3.8, 4) is 28.2 Å². The Balaban J connectivity index is 1.61. The first kappa shape index (κ1) is 20.9. The second-order valence-corrected chi connectivity index (χ2v) is 10.2. The van der Waals surface area contributed by atoms with Gasteiger partial charge < -0.3 is 0 Å². The predicted octanol–water partition coefficient (Wildman–Crippen LogP) is 7.86. The van der Waals surface area contributed by atoms with Gasteiger partial charge in [-0.25, -0.2) is 4.57 Å². The number of imidazole rings is 1. The maximum atomic E-state index is 2.46. The van der Waals surface area contributed by atoms with Gasteiger partial charge in [0.05, 0.1) is 5.56 Å². The molecule has 168 valence electrons. The third kappa shape index (κ3) is 3.28. The van der Waals surface area contributed by atoms with Gasteiger partial charge in [-0.05, 0) is 58.0 Å². The molecule has 0 saturated carbocycles. The number of aromatic nitrogens is 2. The molecule has 0 radical (unpaired) electrons. The molecule has 0 spiro atoms. The molecule has 0 atom stereocenters. The summed E-state index contributed by atoms with van der Waals surface area (Å²) in [6, 6.07) is 29.0. The van der Waals surface area contributed by atoms with Crippen molar-refractivity contribution in [1.82, 2.24) is 4.57 Å². The van der Waals surface area contributed by atoms with Gasteiger partial charge in [-0.15, -0.1) is 0 Å². The topological polar surface area (TPSA) is 8.81 Å². The Morgan fingerprint density at radius 1 is 0.706 bits per heavy atom. The molecule has 0 amide bonds. The molecule has 0 saturated heterocycles. The van der Waals surface area contributed by atoms with Crippen molar-refractivity contribution in [3.63, 3.8) is 0 Å². The Bertz CT molecular complexity index is 1490. The lowest BCUT2D eigenvalue weighted by Gasteiger charge is -2.20. The van der Waals surface area contributed by atoms with Crippen molar-refractivity contribution in [2.75, 3.05) is 0 Å². The number of hydrogen-bond acceptors (Lipinski definition) is 0. The molecule has 34 heavy (non-hydrogen) atoms. The fourth-order valence-electron chi connectivity index (χ4n) is 5.46. The normalized spacial score (nSPS) is 12.5. The summed E-state index contributed by atoms with van der Waals surface area (Å²) in [7, 11) is 0. The van der Waals surface area contributed by atoms with Crippen molar-refractivity contribution in [2.45, 2.75) is 46.1 Å². The first-order valence-corrected chi connectivity index (χ1v) is 12.4. The Morgan fingerprint density at radius 3 is 1.97 bits per heavy atom. The number of nitrogens with zero attached hydrogens (tertiary/aromatic N) is 2. The Kier molecular flexibility index (Phi) is 4.91. The molecular formula is C32H31N2+. The lowest BCUT2D eigenvalue weighted by atomic mass is 9.88. The molecule has 0 unspecified atom stereocenters. The number of fused-ring (bicyclic) bond motifs is 4. The quantitative estimate of drug-likeness (QED) is 0.245. The van der Waals surface area contributed by atoms with Crippen LogP contribution in [0.2, 0.25) is 0 Å². The Morgan fingerprint density at radius 2 is 1.32 bits per heavy atom. The maximum absolute atomic E-state index is 2.46. The monoisotopic (exact) mass is 443 g/mol. The maximum Gasteiger partial charge on any atom is 0.294 e. The van der Waals surface area contributed by atoms with Gasteiger partial charge in [-0.3, -0.25) is 0 Å². The fraction of sp³-hybridized carbons (Fsp3) is 0.219. The number of rotatable bonds is 4. The average molecular weight is 444 g/mol. The largest absolute Gasteiger partial charge is 0.294 e. The standard InChI is InChI=1S/C32H31N2/c1-21(2)28-18-26(23-10-6-5-7-11-23)19-29(22(3)4)31(28)34-15-14-33-20-27-16-24-12-8-9-13-25(24)17-30(27)32(33)34/h5-19,21-22H,20H2,1-4H3/q+1. The van der Waals surface area contributed by atoms with Gasteiger partial charge in [-0.2, -0.15) is 4.57 Å². The van der Waals surface area contributed by atoms with Crippen LogP contribution in [0.15, 0.2) is 91.3 Å². The van der Waals surface area contributed by atoms with Crippen LogP contribution in [0.1, 0.15) is 56.2 Å². The zero-order valence-corrected chi connectivity index (χ0v) is 20.4. The molecule has 2 heteroatoms. The van der Waals surface area contributed by atoms with Gasteiger partial charge in [0.25, 0.3) is 5.82 Å². The summed E-state index contributed by atoms with van der Waals surface area (Å²) in [5.41, 5.74) is 9.48. The van der Waals surface area contributed by atoms with Crippen molar-refractivity contribution in [2.24, 2.45) is 0 Å². The molecule has 0 N–H and O–H groups in total. The third-order valence-electron chi connectivity index (χ3n) is 7.21. The van der Waals surface area contributed by atoms with Gasteiger partial charge in [0.15, 0.2) is 0 Å². The van der Waals surface area contributed by atoms with Crippen LogP contribution in [0.3, 0.4) is 0 Å². The van der Waals surface area contributed by atoms with E-state index in [0.717, 1.165) is 6.54 Å². The molecule has 1 aliphatic rings. The highest BCUT2D eigenvalue weighted by Crippen LogP contribution is 2.39. The van der Waals surface area contributed by atoms with Gasteiger partial charge >= 0.3 is 0 Å². The van der Waals surface area contributed by atoms with Crippen LogP contribution in [0.25, 0.3) is 39.0 Å². The molecule has 1 aliphatic heterocycles.